The number of rotatable bonds is 2. The number of ether oxygens (including phenoxy) is 1. The van der Waals surface area contributed by atoms with Crippen molar-refractivity contribution in [2.24, 2.45) is 0 Å². The molecule has 6 heteroatoms. The van der Waals surface area contributed by atoms with Gasteiger partial charge in [-0.15, -0.1) is 0 Å². The van der Waals surface area contributed by atoms with Crippen molar-refractivity contribution in [1.82, 2.24) is 0 Å². The second kappa shape index (κ2) is 8.14. The van der Waals surface area contributed by atoms with Crippen molar-refractivity contribution in [1.29, 1.82) is 0 Å². The van der Waals surface area contributed by atoms with Crippen LogP contribution >= 0.6 is 0 Å². The van der Waals surface area contributed by atoms with E-state index < -0.39 is 15.8 Å². The van der Waals surface area contributed by atoms with E-state index in [0.29, 0.717) is 0 Å². The average molecular weight is 399 g/mol. The summed E-state index contributed by atoms with van der Waals surface area (Å²) in [5, 5.41) is 0. The van der Waals surface area contributed by atoms with Gasteiger partial charge in [0.25, 0.3) is 0 Å². The largest absolute Gasteiger partial charge is 0.478 e. The van der Waals surface area contributed by atoms with Crippen LogP contribution in [0.3, 0.4) is 0 Å². The predicted octanol–water partition coefficient (Wildman–Crippen LogP) is 1.30. The maximum absolute atomic E-state index is 8.60. The standard InChI is InChI=1S/C22H18O.ClHO4/c1-22(18-12-6-3-7-13-18)16-20(17-10-4-2-5-11-17)19-14-8-9-15-21(19)23-22;2-1(3,4)5/h2-16H,1H3;(H,2,3,4,5). The molecule has 1 N–H and O–H groups in total. The molecule has 0 fully saturated rings. The minimum atomic E-state index is -4.69. The van der Waals surface area contributed by atoms with Gasteiger partial charge >= 0.3 is 0 Å². The van der Waals surface area contributed by atoms with E-state index in [1.54, 1.807) is 0 Å². The Kier molecular flexibility index (Phi) is 5.84. The van der Waals surface area contributed by atoms with Gasteiger partial charge in [0.15, 0.2) is 5.60 Å². The van der Waals surface area contributed by atoms with E-state index in [1.807, 2.05) is 24.3 Å². The summed E-state index contributed by atoms with van der Waals surface area (Å²) in [6.07, 6.45) is 2.24. The summed E-state index contributed by atoms with van der Waals surface area (Å²) in [6.45, 7) is 2.13. The molecule has 0 radical (unpaired) electrons. The van der Waals surface area contributed by atoms with Crippen molar-refractivity contribution in [2.45, 2.75) is 12.5 Å². The third-order valence-corrected chi connectivity index (χ3v) is 4.35. The van der Waals surface area contributed by atoms with E-state index in [4.69, 9.17) is 23.4 Å². The Morgan fingerprint density at radius 1 is 0.786 bits per heavy atom. The molecular formula is C22H19ClO5. The number of hydrogen-bond donors (Lipinski definition) is 1. The van der Waals surface area contributed by atoms with Crippen LogP contribution in [0.25, 0.3) is 5.57 Å². The van der Waals surface area contributed by atoms with Gasteiger partial charge in [0.05, 0.1) is 14.9 Å². The Morgan fingerprint density at radius 2 is 1.29 bits per heavy atom. The van der Waals surface area contributed by atoms with Crippen molar-refractivity contribution in [2.75, 3.05) is 0 Å². The zero-order valence-electron chi connectivity index (χ0n) is 15.1. The second-order valence-corrected chi connectivity index (χ2v) is 7.18. The van der Waals surface area contributed by atoms with Crippen molar-refractivity contribution in [3.63, 3.8) is 0 Å². The van der Waals surface area contributed by atoms with Crippen LogP contribution in [0.2, 0.25) is 0 Å². The first-order valence-electron chi connectivity index (χ1n) is 8.52. The fourth-order valence-electron chi connectivity index (χ4n) is 3.16. The maximum Gasteiger partial charge on any atom is 0.150 e. The normalized spacial score (nSPS) is 18.1. The van der Waals surface area contributed by atoms with Crippen LogP contribution in [0.4, 0.5) is 0 Å². The number of para-hydroxylation sites is 1. The molecule has 1 aliphatic heterocycles. The fraction of sp³-hybridized carbons (Fsp3) is 0.0909. The van der Waals surface area contributed by atoms with Gasteiger partial charge in [-0.3, -0.25) is 0 Å². The van der Waals surface area contributed by atoms with Crippen molar-refractivity contribution >= 4 is 5.57 Å². The zero-order chi connectivity index (χ0) is 20.2. The number of hydrogen-bond acceptors (Lipinski definition) is 5. The van der Waals surface area contributed by atoms with Gasteiger partial charge in [0.1, 0.15) is 5.75 Å². The summed E-state index contributed by atoms with van der Waals surface area (Å²) in [4.78, 5) is 0. The van der Waals surface area contributed by atoms with Crippen molar-refractivity contribution < 1.29 is 33.6 Å². The summed E-state index contributed by atoms with van der Waals surface area (Å²) < 4.78 is 39.1. The highest BCUT2D eigenvalue weighted by atomic mass is 35.7. The quantitative estimate of drug-likeness (QED) is 0.701. The first-order chi connectivity index (χ1) is 13.3. The average Bonchev–Trinajstić information content (AvgIpc) is 2.67. The molecule has 0 amide bonds. The van der Waals surface area contributed by atoms with Crippen molar-refractivity contribution in [3.8, 4) is 5.75 Å². The molecule has 0 spiro atoms. The zero-order valence-corrected chi connectivity index (χ0v) is 15.9. The first kappa shape index (κ1) is 20.1. The van der Waals surface area contributed by atoms with E-state index in [1.165, 1.54) is 11.1 Å². The minimum absolute atomic E-state index is 0.471. The smallest absolute Gasteiger partial charge is 0.150 e. The van der Waals surface area contributed by atoms with E-state index in [9.17, 15) is 0 Å². The Bertz CT molecular complexity index is 945. The molecule has 1 unspecified atom stereocenters. The van der Waals surface area contributed by atoms with Gasteiger partial charge in [-0.1, -0.05) is 78.9 Å². The van der Waals surface area contributed by atoms with Gasteiger partial charge in [-0.25, -0.2) is 0 Å². The fourth-order valence-corrected chi connectivity index (χ4v) is 3.16. The summed E-state index contributed by atoms with van der Waals surface area (Å²) in [6, 6.07) is 29.1. The molecule has 0 saturated carbocycles. The van der Waals surface area contributed by atoms with E-state index >= 15 is 0 Å². The molecule has 3 aromatic rings. The summed E-state index contributed by atoms with van der Waals surface area (Å²) in [5.41, 5.74) is 4.26. The lowest BCUT2D eigenvalue weighted by Crippen LogP contribution is -2.58. The Hall–Kier alpha value is -2.67. The van der Waals surface area contributed by atoms with Crippen LogP contribution in [-0.2, 0) is 5.60 Å². The number of halogens is 1. The van der Waals surface area contributed by atoms with Gasteiger partial charge in [0, 0.05) is 5.56 Å². The Balaban J connectivity index is 0.000000403. The Morgan fingerprint density at radius 3 is 1.89 bits per heavy atom. The van der Waals surface area contributed by atoms with Crippen LogP contribution < -0.4 is 18.7 Å². The SMILES string of the molecule is CC1(c2ccccc2)C=C(c2ccccc2)c2ccccc2O1.[O-][Cl+3]([O-])([O-])O. The molecule has 28 heavy (non-hydrogen) atoms. The first-order valence-corrected chi connectivity index (χ1v) is 9.78. The molecule has 1 aliphatic rings. The van der Waals surface area contributed by atoms with E-state index in [2.05, 4.69) is 73.7 Å². The summed E-state index contributed by atoms with van der Waals surface area (Å²) in [7, 11) is -4.69. The molecule has 3 aromatic carbocycles. The van der Waals surface area contributed by atoms with Gasteiger partial charge < -0.3 is 4.74 Å². The lowest BCUT2D eigenvalue weighted by molar-refractivity contribution is -1.92. The number of fused-ring (bicyclic) bond motifs is 1. The van der Waals surface area contributed by atoms with Gasteiger partial charge in [-0.2, -0.15) is 14.0 Å². The molecule has 0 bridgehead atoms. The molecular weight excluding hydrogens is 380 g/mol. The molecule has 0 aromatic heterocycles. The molecule has 144 valence electrons. The van der Waals surface area contributed by atoms with Crippen LogP contribution in [0.1, 0.15) is 23.6 Å². The lowest BCUT2D eigenvalue weighted by Gasteiger charge is -2.34. The molecule has 5 nitrogen and oxygen atoms in total. The van der Waals surface area contributed by atoms with Crippen LogP contribution in [-0.4, -0.2) is 4.66 Å². The second-order valence-electron chi connectivity index (χ2n) is 6.39. The van der Waals surface area contributed by atoms with Gasteiger partial charge in [-0.05, 0) is 35.8 Å². The minimum Gasteiger partial charge on any atom is -0.478 e. The van der Waals surface area contributed by atoms with Crippen LogP contribution in [0, 0.1) is 10.2 Å². The van der Waals surface area contributed by atoms with Crippen molar-refractivity contribution in [3.05, 3.63) is 108 Å². The third-order valence-electron chi connectivity index (χ3n) is 4.35. The third kappa shape index (κ3) is 4.98. The maximum atomic E-state index is 8.60. The lowest BCUT2D eigenvalue weighted by atomic mass is 9.85. The Labute approximate surface area is 165 Å². The highest BCUT2D eigenvalue weighted by Crippen LogP contribution is 2.43. The van der Waals surface area contributed by atoms with Crippen LogP contribution in [0.5, 0.6) is 5.75 Å². The van der Waals surface area contributed by atoms with Gasteiger partial charge in [0.2, 0.25) is 0 Å². The monoisotopic (exact) mass is 398 g/mol. The molecule has 1 heterocycles. The molecule has 4 rings (SSSR count). The summed E-state index contributed by atoms with van der Waals surface area (Å²) >= 11 is 0. The van der Waals surface area contributed by atoms with E-state index in [-0.39, 0.29) is 0 Å². The molecule has 0 saturated heterocycles. The highest BCUT2D eigenvalue weighted by Gasteiger charge is 2.32. The van der Waals surface area contributed by atoms with E-state index in [0.717, 1.165) is 16.9 Å². The number of benzene rings is 3. The molecule has 0 aliphatic carbocycles. The predicted molar refractivity (Wildman–Crippen MR) is 96.6 cm³/mol. The highest BCUT2D eigenvalue weighted by molar-refractivity contribution is 5.84. The molecule has 1 atom stereocenters. The summed E-state index contributed by atoms with van der Waals surface area (Å²) in [5.74, 6) is 0.931. The van der Waals surface area contributed by atoms with Crippen LogP contribution in [0.15, 0.2) is 91.0 Å². The topological polar surface area (TPSA) is 98.6 Å².